The summed E-state index contributed by atoms with van der Waals surface area (Å²) >= 11 is 11.9. The van der Waals surface area contributed by atoms with E-state index in [9.17, 15) is 0 Å². The van der Waals surface area contributed by atoms with Gasteiger partial charge in [0.15, 0.2) is 5.82 Å². The summed E-state index contributed by atoms with van der Waals surface area (Å²) in [6, 6.07) is 13.2. The van der Waals surface area contributed by atoms with Crippen molar-refractivity contribution < 1.29 is 4.74 Å². The number of benzene rings is 2. The smallest absolute Gasteiger partial charge is 0.244 e. The van der Waals surface area contributed by atoms with E-state index in [1.54, 1.807) is 19.2 Å². The van der Waals surface area contributed by atoms with Crippen molar-refractivity contribution in [3.63, 3.8) is 0 Å². The number of nitrogens with zero attached hydrogens (tertiary/aromatic N) is 3. The normalized spacial score (nSPS) is 10.4. The molecule has 2 aromatic carbocycles. The fourth-order valence-corrected chi connectivity index (χ4v) is 2.61. The van der Waals surface area contributed by atoms with Gasteiger partial charge in [-0.2, -0.15) is 10.1 Å². The van der Waals surface area contributed by atoms with Gasteiger partial charge in [0, 0.05) is 12.2 Å². The second-order valence-corrected chi connectivity index (χ2v) is 6.26. The summed E-state index contributed by atoms with van der Waals surface area (Å²) in [4.78, 5) is 4.39. The molecule has 8 heteroatoms. The summed E-state index contributed by atoms with van der Waals surface area (Å²) in [5, 5.41) is 15.2. The van der Waals surface area contributed by atoms with Crippen LogP contribution in [-0.4, -0.2) is 28.8 Å². The zero-order valence-electron chi connectivity index (χ0n) is 14.0. The maximum absolute atomic E-state index is 6.02. The van der Waals surface area contributed by atoms with E-state index >= 15 is 0 Å². The molecule has 2 N–H and O–H groups in total. The van der Waals surface area contributed by atoms with Crippen LogP contribution < -0.4 is 15.4 Å². The number of halogens is 2. The highest BCUT2D eigenvalue weighted by Crippen LogP contribution is 2.26. The van der Waals surface area contributed by atoms with Crippen LogP contribution in [0, 0.1) is 0 Å². The van der Waals surface area contributed by atoms with Crippen molar-refractivity contribution in [2.24, 2.45) is 0 Å². The Kier molecular flexibility index (Phi) is 6.09. The van der Waals surface area contributed by atoms with E-state index in [2.05, 4.69) is 25.8 Å². The second kappa shape index (κ2) is 8.69. The van der Waals surface area contributed by atoms with E-state index in [0.717, 1.165) is 23.4 Å². The number of rotatable bonds is 7. The molecule has 1 aromatic heterocycles. The first-order valence-corrected chi connectivity index (χ1v) is 8.68. The molecule has 26 heavy (non-hydrogen) atoms. The fourth-order valence-electron chi connectivity index (χ4n) is 2.31. The predicted octanol–water partition coefficient (Wildman–Crippen LogP) is 4.59. The van der Waals surface area contributed by atoms with Crippen LogP contribution in [0.2, 0.25) is 10.0 Å². The quantitative estimate of drug-likeness (QED) is 0.615. The van der Waals surface area contributed by atoms with Gasteiger partial charge in [0.2, 0.25) is 5.95 Å². The third kappa shape index (κ3) is 4.97. The van der Waals surface area contributed by atoms with Crippen LogP contribution >= 0.6 is 23.2 Å². The van der Waals surface area contributed by atoms with Gasteiger partial charge in [0.05, 0.1) is 23.4 Å². The van der Waals surface area contributed by atoms with Crippen molar-refractivity contribution in [2.45, 2.75) is 6.42 Å². The molecule has 0 aliphatic rings. The SMILES string of the molecule is COc1cccc(CCNc2nncc(Nc3ccc(Cl)c(Cl)c3)n2)c1. The monoisotopic (exact) mass is 389 g/mol. The van der Waals surface area contributed by atoms with E-state index in [4.69, 9.17) is 27.9 Å². The lowest BCUT2D eigenvalue weighted by molar-refractivity contribution is 0.414. The Morgan fingerprint density at radius 1 is 1.08 bits per heavy atom. The van der Waals surface area contributed by atoms with Gasteiger partial charge in [0.1, 0.15) is 5.75 Å². The van der Waals surface area contributed by atoms with Crippen LogP contribution in [0.5, 0.6) is 5.75 Å². The first-order valence-electron chi connectivity index (χ1n) is 7.92. The zero-order chi connectivity index (χ0) is 18.4. The number of nitrogens with one attached hydrogen (secondary N) is 2. The van der Waals surface area contributed by atoms with Gasteiger partial charge >= 0.3 is 0 Å². The van der Waals surface area contributed by atoms with Crippen molar-refractivity contribution in [3.8, 4) is 5.75 Å². The van der Waals surface area contributed by atoms with Crippen LogP contribution in [0.25, 0.3) is 0 Å². The van der Waals surface area contributed by atoms with Gasteiger partial charge in [-0.1, -0.05) is 35.3 Å². The molecule has 3 rings (SSSR count). The summed E-state index contributed by atoms with van der Waals surface area (Å²) in [6.07, 6.45) is 2.35. The molecule has 6 nitrogen and oxygen atoms in total. The highest BCUT2D eigenvalue weighted by atomic mass is 35.5. The molecule has 0 amide bonds. The van der Waals surface area contributed by atoms with Gasteiger partial charge in [0.25, 0.3) is 0 Å². The largest absolute Gasteiger partial charge is 0.497 e. The topological polar surface area (TPSA) is 72.0 Å². The minimum atomic E-state index is 0.443. The van der Waals surface area contributed by atoms with E-state index in [1.165, 1.54) is 6.20 Å². The highest BCUT2D eigenvalue weighted by molar-refractivity contribution is 6.42. The first-order chi connectivity index (χ1) is 12.6. The molecule has 1 heterocycles. The molecular weight excluding hydrogens is 373 g/mol. The van der Waals surface area contributed by atoms with E-state index in [-0.39, 0.29) is 0 Å². The summed E-state index contributed by atoms with van der Waals surface area (Å²) in [5.41, 5.74) is 1.93. The third-order valence-electron chi connectivity index (χ3n) is 3.58. The molecule has 0 radical (unpaired) electrons. The van der Waals surface area contributed by atoms with E-state index < -0.39 is 0 Å². The third-order valence-corrected chi connectivity index (χ3v) is 4.32. The molecular formula is C18H17Cl2N5O. The summed E-state index contributed by atoms with van der Waals surface area (Å²) in [7, 11) is 1.66. The first kappa shape index (κ1) is 18.2. The van der Waals surface area contributed by atoms with Gasteiger partial charge in [-0.05, 0) is 42.3 Å². The zero-order valence-corrected chi connectivity index (χ0v) is 15.6. The van der Waals surface area contributed by atoms with Crippen molar-refractivity contribution in [3.05, 3.63) is 64.3 Å². The summed E-state index contributed by atoms with van der Waals surface area (Å²) < 4.78 is 5.23. The van der Waals surface area contributed by atoms with Crippen molar-refractivity contribution in [2.75, 3.05) is 24.3 Å². The van der Waals surface area contributed by atoms with Crippen LogP contribution in [0.15, 0.2) is 48.7 Å². The number of hydrogen-bond donors (Lipinski definition) is 2. The minimum absolute atomic E-state index is 0.443. The molecule has 0 unspecified atom stereocenters. The maximum Gasteiger partial charge on any atom is 0.244 e. The Balaban J connectivity index is 1.59. The molecule has 3 aromatic rings. The molecule has 0 saturated heterocycles. The van der Waals surface area contributed by atoms with Gasteiger partial charge < -0.3 is 15.4 Å². The molecule has 0 bridgehead atoms. The van der Waals surface area contributed by atoms with Gasteiger partial charge in [-0.3, -0.25) is 0 Å². The summed E-state index contributed by atoms with van der Waals surface area (Å²) in [5.74, 6) is 1.84. The Hall–Kier alpha value is -2.57. The average Bonchev–Trinajstić information content (AvgIpc) is 2.65. The van der Waals surface area contributed by atoms with Gasteiger partial charge in [-0.25, -0.2) is 0 Å². The highest BCUT2D eigenvalue weighted by Gasteiger charge is 2.04. The van der Waals surface area contributed by atoms with E-state index in [0.29, 0.717) is 28.4 Å². The van der Waals surface area contributed by atoms with Crippen molar-refractivity contribution in [1.82, 2.24) is 15.2 Å². The standard InChI is InChI=1S/C18H17Cl2N5O/c1-26-14-4-2-3-12(9-14)7-8-21-18-24-17(11-22-25-18)23-13-5-6-15(19)16(20)10-13/h2-6,9-11H,7-8H2,1H3,(H2,21,23,24,25). The summed E-state index contributed by atoms with van der Waals surface area (Å²) in [6.45, 7) is 0.672. The number of ether oxygens (including phenoxy) is 1. The Morgan fingerprint density at radius 3 is 2.77 bits per heavy atom. The molecule has 134 valence electrons. The Morgan fingerprint density at radius 2 is 1.96 bits per heavy atom. The van der Waals surface area contributed by atoms with Crippen LogP contribution in [0.1, 0.15) is 5.56 Å². The lowest BCUT2D eigenvalue weighted by atomic mass is 10.1. The molecule has 0 fully saturated rings. The Bertz CT molecular complexity index is 891. The molecule has 0 atom stereocenters. The fraction of sp³-hybridized carbons (Fsp3) is 0.167. The van der Waals surface area contributed by atoms with Crippen LogP contribution in [-0.2, 0) is 6.42 Å². The van der Waals surface area contributed by atoms with Crippen molar-refractivity contribution in [1.29, 1.82) is 0 Å². The Labute approximate surface area is 161 Å². The van der Waals surface area contributed by atoms with Gasteiger partial charge in [-0.15, -0.1) is 5.10 Å². The maximum atomic E-state index is 6.02. The number of methoxy groups -OCH3 is 1. The van der Waals surface area contributed by atoms with E-state index in [1.807, 2.05) is 30.3 Å². The number of anilines is 3. The number of hydrogen-bond acceptors (Lipinski definition) is 6. The molecule has 0 aliphatic carbocycles. The second-order valence-electron chi connectivity index (χ2n) is 5.45. The lowest BCUT2D eigenvalue weighted by Crippen LogP contribution is -2.09. The predicted molar refractivity (Wildman–Crippen MR) is 105 cm³/mol. The molecule has 0 spiro atoms. The lowest BCUT2D eigenvalue weighted by Gasteiger charge is -2.09. The van der Waals surface area contributed by atoms with Crippen molar-refractivity contribution >= 4 is 40.7 Å². The van der Waals surface area contributed by atoms with Crippen LogP contribution in [0.4, 0.5) is 17.5 Å². The van der Waals surface area contributed by atoms with Crippen LogP contribution in [0.3, 0.4) is 0 Å². The minimum Gasteiger partial charge on any atom is -0.497 e. The molecule has 0 aliphatic heterocycles. The number of aromatic nitrogens is 3. The molecule has 0 saturated carbocycles. The average molecular weight is 390 g/mol.